The maximum atomic E-state index is 12.3. The van der Waals surface area contributed by atoms with Gasteiger partial charge in [-0.3, -0.25) is 4.79 Å². The minimum atomic E-state index is -0.139. The van der Waals surface area contributed by atoms with E-state index in [0.717, 1.165) is 28.3 Å². The average Bonchev–Trinajstić information content (AvgIpc) is 3.30. The van der Waals surface area contributed by atoms with E-state index in [1.54, 1.807) is 11.3 Å². The Kier molecular flexibility index (Phi) is 4.55. The summed E-state index contributed by atoms with van der Waals surface area (Å²) in [6, 6.07) is 7.41. The first kappa shape index (κ1) is 19.0. The summed E-state index contributed by atoms with van der Waals surface area (Å²) in [5.74, 6) is 2.49. The smallest absolute Gasteiger partial charge is 0.264 e. The van der Waals surface area contributed by atoms with Crippen LogP contribution < -0.4 is 5.32 Å². The van der Waals surface area contributed by atoms with Crippen molar-refractivity contribution in [2.75, 3.05) is 0 Å². The van der Waals surface area contributed by atoms with Gasteiger partial charge in [0.2, 0.25) is 5.13 Å². The van der Waals surface area contributed by atoms with Crippen LogP contribution >= 0.6 is 34.7 Å². The Morgan fingerprint density at radius 2 is 1.73 bits per heavy atom. The average molecular weight is 457 g/mol. The molecule has 5 nitrogen and oxygen atoms in total. The molecule has 0 atom stereocenters. The van der Waals surface area contributed by atoms with Gasteiger partial charge in [-0.1, -0.05) is 35.1 Å². The number of carbonyl (C=O) groups excluding carboxylic acids is 1. The van der Waals surface area contributed by atoms with Crippen LogP contribution in [-0.4, -0.2) is 21.3 Å². The van der Waals surface area contributed by atoms with Gasteiger partial charge in [0, 0.05) is 10.4 Å². The zero-order chi connectivity index (χ0) is 20.3. The Bertz CT molecular complexity index is 1040. The minimum absolute atomic E-state index is 0.139. The van der Waals surface area contributed by atoms with Gasteiger partial charge in [-0.25, -0.2) is 0 Å². The molecule has 5 aliphatic rings. The van der Waals surface area contributed by atoms with Crippen molar-refractivity contribution >= 4 is 57.0 Å². The van der Waals surface area contributed by atoms with Gasteiger partial charge in [-0.15, -0.1) is 10.2 Å². The number of rotatable bonds is 3. The molecule has 7 rings (SSSR count). The summed E-state index contributed by atoms with van der Waals surface area (Å²) in [7, 11) is 0. The third-order valence-corrected chi connectivity index (χ3v) is 9.15. The molecule has 1 saturated heterocycles. The largest absolute Gasteiger partial charge is 0.300 e. The molecule has 4 saturated carbocycles. The lowest BCUT2D eigenvalue weighted by atomic mass is 9.50. The van der Waals surface area contributed by atoms with Crippen molar-refractivity contribution in [1.82, 2.24) is 15.5 Å². The minimum Gasteiger partial charge on any atom is -0.300 e. The molecule has 1 aromatic carbocycles. The predicted octanol–water partition coefficient (Wildman–Crippen LogP) is 5.55. The van der Waals surface area contributed by atoms with Crippen molar-refractivity contribution in [3.05, 3.63) is 44.8 Å². The molecule has 2 aromatic rings. The van der Waals surface area contributed by atoms with Gasteiger partial charge in [0.1, 0.15) is 5.01 Å². The van der Waals surface area contributed by atoms with E-state index in [9.17, 15) is 4.79 Å². The number of hydrogen-bond donors (Lipinski definition) is 1. The Morgan fingerprint density at radius 3 is 2.40 bits per heavy atom. The van der Waals surface area contributed by atoms with Crippen molar-refractivity contribution < 1.29 is 4.79 Å². The fourth-order valence-corrected chi connectivity index (χ4v) is 8.07. The molecule has 1 N–H and O–H groups in total. The second-order valence-electron chi connectivity index (χ2n) is 9.12. The van der Waals surface area contributed by atoms with Crippen LogP contribution in [0.2, 0.25) is 5.02 Å². The number of amidine groups is 1. The quantitative estimate of drug-likeness (QED) is 0.614. The van der Waals surface area contributed by atoms with Crippen LogP contribution in [0.15, 0.2) is 34.2 Å². The summed E-state index contributed by atoms with van der Waals surface area (Å²) >= 11 is 8.88. The molecule has 4 bridgehead atoms. The van der Waals surface area contributed by atoms with Crippen molar-refractivity contribution in [3.8, 4) is 0 Å². The molecule has 8 heteroatoms. The molecule has 5 fully saturated rings. The molecule has 2 heterocycles. The van der Waals surface area contributed by atoms with E-state index in [1.807, 2.05) is 30.3 Å². The van der Waals surface area contributed by atoms with Crippen molar-refractivity contribution in [1.29, 1.82) is 0 Å². The van der Waals surface area contributed by atoms with Crippen LogP contribution in [0.3, 0.4) is 0 Å². The standard InChI is InChI=1S/C22H21ClN4OS2/c23-16-3-1-12(2-4-16)8-17-18(28)24-20(29-17)25-21-27-26-19(30-21)22-9-13-5-14(10-22)7-15(6-13)11-22/h1-4,8,13-15H,5-7,9-11H2,(H,24,25,27,28)/b17-8+. The summed E-state index contributed by atoms with van der Waals surface area (Å²) in [4.78, 5) is 17.5. The van der Waals surface area contributed by atoms with Crippen molar-refractivity contribution in [3.63, 3.8) is 0 Å². The summed E-state index contributed by atoms with van der Waals surface area (Å²) in [6.45, 7) is 0. The van der Waals surface area contributed by atoms with E-state index in [4.69, 9.17) is 11.6 Å². The highest BCUT2D eigenvalue weighted by atomic mass is 35.5. The lowest BCUT2D eigenvalue weighted by Gasteiger charge is -2.55. The third kappa shape index (κ3) is 3.41. The maximum Gasteiger partial charge on any atom is 0.264 e. The van der Waals surface area contributed by atoms with E-state index in [-0.39, 0.29) is 11.3 Å². The monoisotopic (exact) mass is 456 g/mol. The highest BCUT2D eigenvalue weighted by Crippen LogP contribution is 2.61. The SMILES string of the molecule is O=C1N/C(=N\c2nnc(C34CC5CC(CC(C5)C3)C4)s2)S/C1=C/c1ccc(Cl)cc1. The van der Waals surface area contributed by atoms with E-state index in [2.05, 4.69) is 20.5 Å². The molecule has 0 unspecified atom stereocenters. The Balaban J connectivity index is 1.22. The van der Waals surface area contributed by atoms with Crippen LogP contribution in [0.25, 0.3) is 6.08 Å². The van der Waals surface area contributed by atoms with Gasteiger partial charge in [0.25, 0.3) is 5.91 Å². The first-order valence-electron chi connectivity index (χ1n) is 10.4. The number of carbonyl (C=O) groups is 1. The Labute approximate surface area is 188 Å². The summed E-state index contributed by atoms with van der Waals surface area (Å²) in [6.07, 6.45) is 9.90. The number of halogens is 1. The van der Waals surface area contributed by atoms with Crippen LogP contribution in [0, 0.1) is 17.8 Å². The zero-order valence-electron chi connectivity index (χ0n) is 16.3. The Morgan fingerprint density at radius 1 is 1.07 bits per heavy atom. The molecule has 1 aromatic heterocycles. The van der Waals surface area contributed by atoms with Gasteiger partial charge in [0.15, 0.2) is 5.17 Å². The number of aromatic nitrogens is 2. The third-order valence-electron chi connectivity index (χ3n) is 6.92. The van der Waals surface area contributed by atoms with Crippen molar-refractivity contribution in [2.24, 2.45) is 22.7 Å². The number of thioether (sulfide) groups is 1. The van der Waals surface area contributed by atoms with E-state index in [1.165, 1.54) is 50.3 Å². The predicted molar refractivity (Wildman–Crippen MR) is 122 cm³/mol. The Hall–Kier alpha value is -1.70. The van der Waals surface area contributed by atoms with Gasteiger partial charge < -0.3 is 5.32 Å². The lowest BCUT2D eigenvalue weighted by molar-refractivity contribution is -0.115. The molecule has 0 spiro atoms. The molecule has 154 valence electrons. The molecular weight excluding hydrogens is 436 g/mol. The molecule has 30 heavy (non-hydrogen) atoms. The fourth-order valence-electron chi connectivity index (χ4n) is 6.13. The van der Waals surface area contributed by atoms with Crippen LogP contribution in [-0.2, 0) is 10.2 Å². The van der Waals surface area contributed by atoms with Crippen molar-refractivity contribution in [2.45, 2.75) is 43.9 Å². The van der Waals surface area contributed by atoms with Gasteiger partial charge in [-0.2, -0.15) is 4.99 Å². The highest BCUT2D eigenvalue weighted by molar-refractivity contribution is 8.18. The fraction of sp³-hybridized carbons (Fsp3) is 0.455. The van der Waals surface area contributed by atoms with Crippen LogP contribution in [0.1, 0.15) is 49.1 Å². The molecule has 1 amide bonds. The first-order valence-corrected chi connectivity index (χ1v) is 12.4. The lowest BCUT2D eigenvalue weighted by Crippen LogP contribution is -2.48. The number of aliphatic imine (C=N–C) groups is 1. The number of benzene rings is 1. The summed E-state index contributed by atoms with van der Waals surface area (Å²) in [5, 5.41) is 14.8. The first-order chi connectivity index (χ1) is 14.5. The summed E-state index contributed by atoms with van der Waals surface area (Å²) < 4.78 is 0. The number of amides is 1. The molecule has 4 aliphatic carbocycles. The second kappa shape index (κ2) is 7.18. The number of nitrogens with zero attached hydrogens (tertiary/aromatic N) is 3. The second-order valence-corrected chi connectivity index (χ2v) is 11.5. The van der Waals surface area contributed by atoms with E-state index < -0.39 is 0 Å². The van der Waals surface area contributed by atoms with Crippen LogP contribution in [0.4, 0.5) is 5.13 Å². The number of hydrogen-bond acceptors (Lipinski definition) is 6. The van der Waals surface area contributed by atoms with Gasteiger partial charge >= 0.3 is 0 Å². The topological polar surface area (TPSA) is 67.2 Å². The summed E-state index contributed by atoms with van der Waals surface area (Å²) in [5.41, 5.74) is 1.16. The van der Waals surface area contributed by atoms with E-state index in [0.29, 0.717) is 20.2 Å². The maximum absolute atomic E-state index is 12.3. The highest BCUT2D eigenvalue weighted by Gasteiger charge is 2.53. The molecular formula is C22H21ClN4OS2. The van der Waals surface area contributed by atoms with Gasteiger partial charge in [0.05, 0.1) is 4.91 Å². The van der Waals surface area contributed by atoms with Gasteiger partial charge in [-0.05, 0) is 91.8 Å². The normalized spacial score (nSPS) is 34.8. The molecule has 0 radical (unpaired) electrons. The zero-order valence-corrected chi connectivity index (χ0v) is 18.7. The van der Waals surface area contributed by atoms with E-state index >= 15 is 0 Å². The molecule has 1 aliphatic heterocycles. The van der Waals surface area contributed by atoms with Crippen LogP contribution in [0.5, 0.6) is 0 Å². The number of nitrogens with one attached hydrogen (secondary N) is 1.